The number of aromatic carboxylic acids is 1. The van der Waals surface area contributed by atoms with Gasteiger partial charge in [-0.1, -0.05) is 13.8 Å². The minimum absolute atomic E-state index is 0.287. The van der Waals surface area contributed by atoms with E-state index in [1.807, 2.05) is 32.3 Å². The number of carbonyl (C=O) groups is 1. The molecule has 0 fully saturated rings. The van der Waals surface area contributed by atoms with Gasteiger partial charge in [0, 0.05) is 16.2 Å². The Morgan fingerprint density at radius 3 is 2.80 bits per heavy atom. The molecule has 6 heteroatoms. The van der Waals surface area contributed by atoms with Crippen molar-refractivity contribution in [3.8, 4) is 5.75 Å². The summed E-state index contributed by atoms with van der Waals surface area (Å²) in [6.45, 7) is 6.53. The summed E-state index contributed by atoms with van der Waals surface area (Å²) >= 11 is 2.89. The fraction of sp³-hybridized carbons (Fsp3) is 0.429. The first-order chi connectivity index (χ1) is 9.49. The van der Waals surface area contributed by atoms with Gasteiger partial charge in [-0.25, -0.2) is 9.78 Å². The predicted octanol–water partition coefficient (Wildman–Crippen LogP) is 3.96. The number of aryl methyl sites for hydroxylation is 1. The minimum atomic E-state index is -0.925. The zero-order valence-electron chi connectivity index (χ0n) is 11.7. The van der Waals surface area contributed by atoms with Gasteiger partial charge in [-0.2, -0.15) is 0 Å². The molecule has 4 nitrogen and oxygen atoms in total. The molecule has 0 aromatic carbocycles. The first-order valence-electron chi connectivity index (χ1n) is 6.37. The zero-order chi connectivity index (χ0) is 14.7. The van der Waals surface area contributed by atoms with Crippen LogP contribution in [0.3, 0.4) is 0 Å². The van der Waals surface area contributed by atoms with E-state index in [0.29, 0.717) is 18.3 Å². The van der Waals surface area contributed by atoms with Gasteiger partial charge >= 0.3 is 5.97 Å². The number of nitrogens with zero attached hydrogens (tertiary/aromatic N) is 1. The van der Waals surface area contributed by atoms with Crippen molar-refractivity contribution in [2.24, 2.45) is 0 Å². The van der Waals surface area contributed by atoms with Crippen LogP contribution < -0.4 is 4.74 Å². The molecular formula is C14H17NO3S2. The Bertz CT molecular complexity index is 601. The molecule has 0 aliphatic carbocycles. The lowest BCUT2D eigenvalue weighted by Crippen LogP contribution is -2.04. The van der Waals surface area contributed by atoms with Crippen LogP contribution in [-0.4, -0.2) is 22.7 Å². The van der Waals surface area contributed by atoms with Crippen molar-refractivity contribution >= 4 is 28.6 Å². The van der Waals surface area contributed by atoms with Gasteiger partial charge in [-0.3, -0.25) is 0 Å². The number of ether oxygens (including phenoxy) is 1. The largest absolute Gasteiger partial charge is 0.491 e. The van der Waals surface area contributed by atoms with Crippen LogP contribution in [0, 0.1) is 6.92 Å². The monoisotopic (exact) mass is 311 g/mol. The molecule has 0 atom stereocenters. The normalized spacial score (nSPS) is 11.0. The summed E-state index contributed by atoms with van der Waals surface area (Å²) in [5, 5.41) is 9.21. The van der Waals surface area contributed by atoms with Crippen molar-refractivity contribution in [2.75, 3.05) is 6.61 Å². The van der Waals surface area contributed by atoms with Crippen molar-refractivity contribution < 1.29 is 14.6 Å². The van der Waals surface area contributed by atoms with Gasteiger partial charge in [-0.15, -0.1) is 22.7 Å². The maximum atomic E-state index is 11.2. The minimum Gasteiger partial charge on any atom is -0.491 e. The molecule has 0 radical (unpaired) electrons. The van der Waals surface area contributed by atoms with Gasteiger partial charge in [0.2, 0.25) is 0 Å². The third kappa shape index (κ3) is 3.37. The molecule has 0 saturated heterocycles. The smallest absolute Gasteiger partial charge is 0.349 e. The van der Waals surface area contributed by atoms with Crippen molar-refractivity contribution in [1.29, 1.82) is 0 Å². The average Bonchev–Trinajstić information content (AvgIpc) is 2.97. The second-order valence-corrected chi connectivity index (χ2v) is 6.78. The van der Waals surface area contributed by atoms with Crippen LogP contribution in [0.1, 0.15) is 44.9 Å². The van der Waals surface area contributed by atoms with Gasteiger partial charge in [0.25, 0.3) is 0 Å². The van der Waals surface area contributed by atoms with Crippen molar-refractivity contribution in [3.63, 3.8) is 0 Å². The molecule has 108 valence electrons. The number of carboxylic acids is 1. The Hall–Kier alpha value is -1.40. The van der Waals surface area contributed by atoms with E-state index in [1.165, 1.54) is 16.2 Å². The third-order valence-electron chi connectivity index (χ3n) is 2.91. The van der Waals surface area contributed by atoms with E-state index in [2.05, 4.69) is 4.98 Å². The van der Waals surface area contributed by atoms with Crippen LogP contribution >= 0.6 is 22.7 Å². The van der Waals surface area contributed by atoms with Crippen LogP contribution in [0.15, 0.2) is 11.6 Å². The molecule has 0 spiro atoms. The molecule has 0 unspecified atom stereocenters. The van der Waals surface area contributed by atoms with E-state index in [-0.39, 0.29) is 4.88 Å². The SMILES string of the molecule is Cc1ncsc1CCOc1cc(C(C)C)sc1C(=O)O. The number of thiazole rings is 1. The molecule has 2 aromatic heterocycles. The summed E-state index contributed by atoms with van der Waals surface area (Å²) in [6, 6.07) is 1.85. The summed E-state index contributed by atoms with van der Waals surface area (Å²) in [6.07, 6.45) is 0.752. The Morgan fingerprint density at radius 2 is 2.25 bits per heavy atom. The van der Waals surface area contributed by atoms with Gasteiger partial charge in [0.1, 0.15) is 5.75 Å². The first-order valence-corrected chi connectivity index (χ1v) is 8.07. The summed E-state index contributed by atoms with van der Waals surface area (Å²) in [7, 11) is 0. The Kier molecular flexibility index (Phi) is 4.77. The summed E-state index contributed by atoms with van der Waals surface area (Å²) < 4.78 is 5.67. The Labute approximate surface area is 126 Å². The van der Waals surface area contributed by atoms with Crippen molar-refractivity contribution in [1.82, 2.24) is 4.98 Å². The maximum absolute atomic E-state index is 11.2. The first kappa shape index (κ1) is 15.0. The standard InChI is InChI=1S/C14H17NO3S2/c1-8(2)12-6-10(13(20-12)14(16)17)18-5-4-11-9(3)15-7-19-11/h6-8H,4-5H2,1-3H3,(H,16,17). The fourth-order valence-electron chi connectivity index (χ4n) is 1.75. The molecule has 0 amide bonds. The lowest BCUT2D eigenvalue weighted by atomic mass is 10.2. The second-order valence-electron chi connectivity index (χ2n) is 4.76. The highest BCUT2D eigenvalue weighted by atomic mass is 32.1. The van der Waals surface area contributed by atoms with Gasteiger partial charge in [0.05, 0.1) is 17.8 Å². The van der Waals surface area contributed by atoms with Crippen molar-refractivity contribution in [3.05, 3.63) is 31.9 Å². The summed E-state index contributed by atoms with van der Waals surface area (Å²) in [5.74, 6) is -0.140. The molecule has 0 aliphatic rings. The van der Waals surface area contributed by atoms with Crippen LogP contribution in [-0.2, 0) is 6.42 Å². The number of hydrogen-bond donors (Lipinski definition) is 1. The Morgan fingerprint density at radius 1 is 1.50 bits per heavy atom. The highest BCUT2D eigenvalue weighted by molar-refractivity contribution is 7.14. The number of aromatic nitrogens is 1. The maximum Gasteiger partial charge on any atom is 0.349 e. The number of rotatable bonds is 6. The van der Waals surface area contributed by atoms with E-state index in [1.54, 1.807) is 11.3 Å². The second kappa shape index (κ2) is 6.37. The molecule has 20 heavy (non-hydrogen) atoms. The molecule has 0 saturated carbocycles. The van der Waals surface area contributed by atoms with E-state index in [0.717, 1.165) is 17.0 Å². The summed E-state index contributed by atoms with van der Waals surface area (Å²) in [4.78, 5) is 17.9. The quantitative estimate of drug-likeness (QED) is 0.877. The average molecular weight is 311 g/mol. The molecular weight excluding hydrogens is 294 g/mol. The van der Waals surface area contributed by atoms with Gasteiger partial charge in [0.15, 0.2) is 4.88 Å². The molecule has 1 N–H and O–H groups in total. The number of carboxylic acid groups (broad SMARTS) is 1. The lowest BCUT2D eigenvalue weighted by Gasteiger charge is -2.04. The lowest BCUT2D eigenvalue weighted by molar-refractivity contribution is 0.0698. The molecule has 2 heterocycles. The van der Waals surface area contributed by atoms with Gasteiger partial charge < -0.3 is 9.84 Å². The summed E-state index contributed by atoms with van der Waals surface area (Å²) in [5.41, 5.74) is 2.83. The molecule has 2 rings (SSSR count). The van der Waals surface area contributed by atoms with Crippen molar-refractivity contribution in [2.45, 2.75) is 33.1 Å². The van der Waals surface area contributed by atoms with Gasteiger partial charge in [-0.05, 0) is 18.9 Å². The third-order valence-corrected chi connectivity index (χ3v) is 5.31. The zero-order valence-corrected chi connectivity index (χ0v) is 13.3. The van der Waals surface area contributed by atoms with E-state index < -0.39 is 5.97 Å². The van der Waals surface area contributed by atoms with Crippen LogP contribution in [0.2, 0.25) is 0 Å². The topological polar surface area (TPSA) is 59.4 Å². The van der Waals surface area contributed by atoms with E-state index in [9.17, 15) is 9.90 Å². The fourth-order valence-corrected chi connectivity index (χ4v) is 3.46. The number of hydrogen-bond acceptors (Lipinski definition) is 5. The highest BCUT2D eigenvalue weighted by Gasteiger charge is 2.18. The van der Waals surface area contributed by atoms with E-state index >= 15 is 0 Å². The van der Waals surface area contributed by atoms with Crippen LogP contribution in [0.25, 0.3) is 0 Å². The van der Waals surface area contributed by atoms with Crippen LogP contribution in [0.4, 0.5) is 0 Å². The van der Waals surface area contributed by atoms with E-state index in [4.69, 9.17) is 4.74 Å². The molecule has 0 aliphatic heterocycles. The molecule has 2 aromatic rings. The van der Waals surface area contributed by atoms with Crippen LogP contribution in [0.5, 0.6) is 5.75 Å². The Balaban J connectivity index is 2.05. The molecule has 0 bridgehead atoms. The highest BCUT2D eigenvalue weighted by Crippen LogP contribution is 2.34. The number of thiophene rings is 1. The predicted molar refractivity (Wildman–Crippen MR) is 81.4 cm³/mol.